The van der Waals surface area contributed by atoms with Crippen molar-refractivity contribution < 1.29 is 27.5 Å². The third kappa shape index (κ3) is 6.63. The van der Waals surface area contributed by atoms with Gasteiger partial charge in [0.05, 0.1) is 11.3 Å². The molecule has 0 aliphatic carbocycles. The van der Waals surface area contributed by atoms with Crippen LogP contribution in [-0.4, -0.2) is 45.3 Å². The van der Waals surface area contributed by atoms with E-state index in [4.69, 9.17) is 4.74 Å². The molecule has 25 heavy (non-hydrogen) atoms. The van der Waals surface area contributed by atoms with E-state index in [1.54, 1.807) is 6.92 Å². The molecule has 1 rings (SSSR count). The number of ketones is 1. The minimum absolute atomic E-state index is 0.0655. The van der Waals surface area contributed by atoms with Crippen molar-refractivity contribution in [3.05, 3.63) is 29.8 Å². The van der Waals surface area contributed by atoms with Crippen molar-refractivity contribution in [3.63, 3.8) is 0 Å². The Morgan fingerprint density at radius 2 is 1.92 bits per heavy atom. The van der Waals surface area contributed by atoms with Gasteiger partial charge in [-0.3, -0.25) is 14.4 Å². The van der Waals surface area contributed by atoms with Crippen LogP contribution < -0.4 is 10.0 Å². The maximum absolute atomic E-state index is 12.2. The maximum Gasteiger partial charge on any atom is 0.307 e. The summed E-state index contributed by atoms with van der Waals surface area (Å²) in [5.74, 6) is -1.36. The number of Topliss-reactive ketones (excluding diaryl/α,β-unsaturated/α-hetero) is 1. The number of ether oxygens (including phenoxy) is 1. The highest BCUT2D eigenvalue weighted by molar-refractivity contribution is 7.89. The summed E-state index contributed by atoms with van der Waals surface area (Å²) >= 11 is 0. The fraction of sp³-hybridized carbons (Fsp3) is 0.438. The Morgan fingerprint density at radius 3 is 2.52 bits per heavy atom. The van der Waals surface area contributed by atoms with Gasteiger partial charge in [-0.25, -0.2) is 13.1 Å². The standard InChI is InChI=1S/C16H22N2O6S/c1-4-17-16(21)12(3)24-15(20)8-9-18-25(22,23)14-7-5-6-13(10-14)11(2)19/h5-7,10,12,18H,4,8-9H2,1-3H3,(H,17,21)/t12-/m0/s1. The number of rotatable bonds is 9. The number of carbonyl (C=O) groups is 3. The van der Waals surface area contributed by atoms with Gasteiger partial charge in [0.25, 0.3) is 5.91 Å². The van der Waals surface area contributed by atoms with E-state index in [1.807, 2.05) is 0 Å². The molecule has 2 N–H and O–H groups in total. The normalized spacial score (nSPS) is 12.3. The summed E-state index contributed by atoms with van der Waals surface area (Å²) < 4.78 is 31.5. The molecule has 0 spiro atoms. The molecule has 1 aromatic carbocycles. The van der Waals surface area contributed by atoms with Gasteiger partial charge < -0.3 is 10.1 Å². The lowest BCUT2D eigenvalue weighted by Crippen LogP contribution is -2.36. The lowest BCUT2D eigenvalue weighted by Gasteiger charge is -2.13. The van der Waals surface area contributed by atoms with Crippen LogP contribution >= 0.6 is 0 Å². The molecule has 0 bridgehead atoms. The summed E-state index contributed by atoms with van der Waals surface area (Å²) in [4.78, 5) is 34.4. The fourth-order valence-electron chi connectivity index (χ4n) is 1.88. The van der Waals surface area contributed by atoms with Gasteiger partial charge in [0.1, 0.15) is 0 Å². The topological polar surface area (TPSA) is 119 Å². The zero-order valence-electron chi connectivity index (χ0n) is 14.4. The maximum atomic E-state index is 12.2. The monoisotopic (exact) mass is 370 g/mol. The molecule has 138 valence electrons. The number of amides is 1. The van der Waals surface area contributed by atoms with Crippen molar-refractivity contribution in [3.8, 4) is 0 Å². The Morgan fingerprint density at radius 1 is 1.24 bits per heavy atom. The van der Waals surface area contributed by atoms with Gasteiger partial charge in [0.2, 0.25) is 10.0 Å². The molecule has 0 fully saturated rings. The van der Waals surface area contributed by atoms with Crippen molar-refractivity contribution in [1.29, 1.82) is 0 Å². The lowest BCUT2D eigenvalue weighted by atomic mass is 10.2. The Bertz CT molecular complexity index is 745. The van der Waals surface area contributed by atoms with E-state index in [1.165, 1.54) is 38.1 Å². The average molecular weight is 370 g/mol. The number of likely N-dealkylation sites (N-methyl/N-ethyl adjacent to an activating group) is 1. The van der Waals surface area contributed by atoms with Gasteiger partial charge in [-0.2, -0.15) is 0 Å². The third-order valence-electron chi connectivity index (χ3n) is 3.20. The second-order valence-electron chi connectivity index (χ2n) is 5.26. The molecule has 0 heterocycles. The van der Waals surface area contributed by atoms with Crippen LogP contribution in [0.3, 0.4) is 0 Å². The number of hydrogen-bond donors (Lipinski definition) is 2. The number of carbonyl (C=O) groups excluding carboxylic acids is 3. The van der Waals surface area contributed by atoms with E-state index in [0.717, 1.165) is 0 Å². The van der Waals surface area contributed by atoms with E-state index in [2.05, 4.69) is 10.0 Å². The Balaban J connectivity index is 2.57. The molecule has 0 saturated heterocycles. The van der Waals surface area contributed by atoms with Crippen LogP contribution in [0.1, 0.15) is 37.6 Å². The minimum Gasteiger partial charge on any atom is -0.453 e. The number of nitrogens with one attached hydrogen (secondary N) is 2. The molecule has 0 saturated carbocycles. The second kappa shape index (κ2) is 9.28. The fourth-order valence-corrected chi connectivity index (χ4v) is 2.96. The van der Waals surface area contributed by atoms with Crippen LogP contribution in [-0.2, 0) is 24.3 Å². The highest BCUT2D eigenvalue weighted by atomic mass is 32.2. The highest BCUT2D eigenvalue weighted by Crippen LogP contribution is 2.12. The van der Waals surface area contributed by atoms with Crippen LogP contribution in [0.5, 0.6) is 0 Å². The van der Waals surface area contributed by atoms with Crippen molar-refractivity contribution >= 4 is 27.7 Å². The Labute approximate surface area is 147 Å². The van der Waals surface area contributed by atoms with Crippen LogP contribution in [0.4, 0.5) is 0 Å². The quantitative estimate of drug-likeness (QED) is 0.486. The predicted octanol–water partition coefficient (Wildman–Crippen LogP) is 0.625. The van der Waals surface area contributed by atoms with Gasteiger partial charge in [-0.15, -0.1) is 0 Å². The zero-order valence-corrected chi connectivity index (χ0v) is 15.2. The molecule has 1 aromatic rings. The molecule has 0 aromatic heterocycles. The van der Waals surface area contributed by atoms with E-state index in [-0.39, 0.29) is 29.2 Å². The largest absolute Gasteiger partial charge is 0.453 e. The van der Waals surface area contributed by atoms with E-state index in [9.17, 15) is 22.8 Å². The van der Waals surface area contributed by atoms with Crippen molar-refractivity contribution in [2.24, 2.45) is 0 Å². The Kier molecular flexibility index (Phi) is 7.72. The summed E-state index contributed by atoms with van der Waals surface area (Å²) in [5, 5.41) is 2.51. The average Bonchev–Trinajstić information content (AvgIpc) is 2.54. The molecule has 1 amide bonds. The molecular weight excluding hydrogens is 348 g/mol. The van der Waals surface area contributed by atoms with Crippen LogP contribution in [0, 0.1) is 0 Å². The van der Waals surface area contributed by atoms with E-state index >= 15 is 0 Å². The summed E-state index contributed by atoms with van der Waals surface area (Å²) in [5.41, 5.74) is 0.276. The summed E-state index contributed by atoms with van der Waals surface area (Å²) in [6, 6.07) is 5.60. The van der Waals surface area contributed by atoms with Crippen molar-refractivity contribution in [2.75, 3.05) is 13.1 Å². The minimum atomic E-state index is -3.85. The Hall–Kier alpha value is -2.26. The van der Waals surface area contributed by atoms with E-state index < -0.39 is 28.0 Å². The molecule has 0 aliphatic heterocycles. The summed E-state index contributed by atoms with van der Waals surface area (Å²) in [6.45, 7) is 4.74. The van der Waals surface area contributed by atoms with Crippen molar-refractivity contribution in [2.45, 2.75) is 38.2 Å². The first-order valence-electron chi connectivity index (χ1n) is 7.75. The third-order valence-corrected chi connectivity index (χ3v) is 4.66. The molecule has 1 atom stereocenters. The zero-order chi connectivity index (χ0) is 19.0. The first kappa shape index (κ1) is 20.8. The van der Waals surface area contributed by atoms with Crippen LogP contribution in [0.15, 0.2) is 29.2 Å². The van der Waals surface area contributed by atoms with Gasteiger partial charge in [0, 0.05) is 18.7 Å². The second-order valence-corrected chi connectivity index (χ2v) is 7.03. The predicted molar refractivity (Wildman–Crippen MR) is 90.5 cm³/mol. The van der Waals surface area contributed by atoms with Gasteiger partial charge in [0.15, 0.2) is 11.9 Å². The smallest absolute Gasteiger partial charge is 0.307 e. The molecule has 8 nitrogen and oxygen atoms in total. The SMILES string of the molecule is CCNC(=O)[C@H](C)OC(=O)CCNS(=O)(=O)c1cccc(C(C)=O)c1. The van der Waals surface area contributed by atoms with Crippen molar-refractivity contribution in [1.82, 2.24) is 10.0 Å². The molecule has 0 aliphatic rings. The van der Waals surface area contributed by atoms with Crippen LogP contribution in [0.2, 0.25) is 0 Å². The van der Waals surface area contributed by atoms with E-state index in [0.29, 0.717) is 6.54 Å². The molecule has 9 heteroatoms. The number of hydrogen-bond acceptors (Lipinski definition) is 6. The lowest BCUT2D eigenvalue weighted by molar-refractivity contribution is -0.154. The first-order valence-corrected chi connectivity index (χ1v) is 9.23. The summed E-state index contributed by atoms with van der Waals surface area (Å²) in [6.07, 6.45) is -1.17. The van der Waals surface area contributed by atoms with Crippen LogP contribution in [0.25, 0.3) is 0 Å². The highest BCUT2D eigenvalue weighted by Gasteiger charge is 2.19. The van der Waals surface area contributed by atoms with Gasteiger partial charge in [-0.1, -0.05) is 12.1 Å². The van der Waals surface area contributed by atoms with Gasteiger partial charge in [-0.05, 0) is 32.9 Å². The summed E-state index contributed by atoms with van der Waals surface area (Å²) in [7, 11) is -3.85. The first-order chi connectivity index (χ1) is 11.7. The molecular formula is C16H22N2O6S. The number of esters is 1. The molecule has 0 radical (unpaired) electrons. The number of sulfonamides is 1. The molecule has 0 unspecified atom stereocenters. The number of benzene rings is 1. The van der Waals surface area contributed by atoms with Gasteiger partial charge >= 0.3 is 5.97 Å².